The van der Waals surface area contributed by atoms with E-state index >= 15 is 0 Å². The highest BCUT2D eigenvalue weighted by Gasteiger charge is 2.67. The number of anilines is 1. The predicted molar refractivity (Wildman–Crippen MR) is 105 cm³/mol. The van der Waals surface area contributed by atoms with Crippen molar-refractivity contribution in [1.29, 1.82) is 0 Å². The third-order valence-electron chi connectivity index (χ3n) is 4.55. The second-order valence-electron chi connectivity index (χ2n) is 6.44. The van der Waals surface area contributed by atoms with Gasteiger partial charge in [0.15, 0.2) is 5.82 Å². The molecule has 2 aromatic rings. The lowest BCUT2D eigenvalue weighted by molar-refractivity contribution is -0.117. The molecule has 2 atom stereocenters. The van der Waals surface area contributed by atoms with E-state index in [2.05, 4.69) is 10.6 Å². The van der Waals surface area contributed by atoms with Gasteiger partial charge in [-0.3, -0.25) is 9.59 Å². The van der Waals surface area contributed by atoms with Crippen LogP contribution in [-0.2, 0) is 4.79 Å². The molecule has 3 rings (SSSR count). The Bertz CT molecular complexity index is 1000. The molecule has 2 aromatic carbocycles. The average molecular weight is 466 g/mol. The summed E-state index contributed by atoms with van der Waals surface area (Å²) in [5, 5.41) is 4.42. The van der Waals surface area contributed by atoms with Crippen LogP contribution in [0.4, 0.5) is 18.9 Å². The summed E-state index contributed by atoms with van der Waals surface area (Å²) in [6, 6.07) is 5.67. The summed E-state index contributed by atoms with van der Waals surface area (Å²) >= 11 is 18.2. The number of rotatable bonds is 5. The molecule has 2 N–H and O–H groups in total. The Balaban J connectivity index is 1.84. The van der Waals surface area contributed by atoms with Crippen LogP contribution in [-0.4, -0.2) is 22.7 Å². The first-order valence-corrected chi connectivity index (χ1v) is 9.62. The molecule has 0 radical (unpaired) electrons. The van der Waals surface area contributed by atoms with E-state index in [9.17, 15) is 22.8 Å². The van der Waals surface area contributed by atoms with Gasteiger partial charge in [-0.2, -0.15) is 0 Å². The summed E-state index contributed by atoms with van der Waals surface area (Å²) < 4.78 is 40.4. The predicted octanol–water partition coefficient (Wildman–Crippen LogP) is 5.03. The number of nitrogens with one attached hydrogen (secondary N) is 2. The number of carbonyl (C=O) groups excluding carboxylic acids is 2. The minimum Gasteiger partial charge on any atom is -0.352 e. The quantitative estimate of drug-likeness (QED) is 0.608. The van der Waals surface area contributed by atoms with Gasteiger partial charge in [0.05, 0.1) is 16.6 Å². The number of carbonyl (C=O) groups is 2. The minimum absolute atomic E-state index is 0.158. The summed E-state index contributed by atoms with van der Waals surface area (Å²) in [5.41, 5.74) is -0.779. The Morgan fingerprint density at radius 1 is 1.10 bits per heavy atom. The number of benzene rings is 2. The highest BCUT2D eigenvalue weighted by atomic mass is 35.5. The number of hydrogen-bond acceptors (Lipinski definition) is 2. The van der Waals surface area contributed by atoms with E-state index in [4.69, 9.17) is 34.8 Å². The standard InChI is InChI=1S/C19H14Cl3F3N2O2/c1-2-26-17(28)13-11(24)5-6-12(16(13)25)27-18(29)15-14(19(15,21)22)8-3-4-10(23)9(20)7-8/h3-7,14-15H,2H2,1H3,(H,26,28)(H,27,29). The molecule has 4 nitrogen and oxygen atoms in total. The summed E-state index contributed by atoms with van der Waals surface area (Å²) in [4.78, 5) is 24.5. The lowest BCUT2D eigenvalue weighted by atomic mass is 10.1. The van der Waals surface area contributed by atoms with Crippen LogP contribution < -0.4 is 10.6 Å². The summed E-state index contributed by atoms with van der Waals surface area (Å²) in [5.74, 6) is -6.33. The fraction of sp³-hybridized carbons (Fsp3) is 0.263. The van der Waals surface area contributed by atoms with Crippen molar-refractivity contribution in [1.82, 2.24) is 5.32 Å². The third-order valence-corrected chi connectivity index (χ3v) is 5.78. The van der Waals surface area contributed by atoms with Crippen molar-refractivity contribution >= 4 is 52.3 Å². The maximum absolute atomic E-state index is 14.6. The number of hydrogen-bond donors (Lipinski definition) is 2. The van der Waals surface area contributed by atoms with Crippen molar-refractivity contribution in [2.75, 3.05) is 11.9 Å². The van der Waals surface area contributed by atoms with Crippen molar-refractivity contribution in [3.05, 3.63) is 63.9 Å². The molecule has 10 heteroatoms. The molecule has 154 valence electrons. The van der Waals surface area contributed by atoms with E-state index in [1.807, 2.05) is 0 Å². The van der Waals surface area contributed by atoms with Crippen molar-refractivity contribution < 1.29 is 22.8 Å². The molecule has 0 heterocycles. The lowest BCUT2D eigenvalue weighted by Crippen LogP contribution is -2.26. The highest BCUT2D eigenvalue weighted by molar-refractivity contribution is 6.53. The van der Waals surface area contributed by atoms with E-state index in [-0.39, 0.29) is 11.6 Å². The van der Waals surface area contributed by atoms with Crippen molar-refractivity contribution in [2.24, 2.45) is 5.92 Å². The molecule has 1 saturated carbocycles. The van der Waals surface area contributed by atoms with Gasteiger partial charge in [-0.15, -0.1) is 23.2 Å². The topological polar surface area (TPSA) is 58.2 Å². The fourth-order valence-corrected chi connectivity index (χ4v) is 4.11. The van der Waals surface area contributed by atoms with E-state index in [0.29, 0.717) is 5.56 Å². The van der Waals surface area contributed by atoms with Crippen molar-refractivity contribution in [3.63, 3.8) is 0 Å². The number of halogens is 6. The normalized spacial score (nSPS) is 19.6. The first-order valence-electron chi connectivity index (χ1n) is 8.49. The largest absolute Gasteiger partial charge is 0.352 e. The van der Waals surface area contributed by atoms with Gasteiger partial charge in [-0.1, -0.05) is 17.7 Å². The van der Waals surface area contributed by atoms with Crippen molar-refractivity contribution in [2.45, 2.75) is 17.2 Å². The molecule has 0 aliphatic heterocycles. The lowest BCUT2D eigenvalue weighted by Gasteiger charge is -2.11. The van der Waals surface area contributed by atoms with Crippen LogP contribution in [0.3, 0.4) is 0 Å². The van der Waals surface area contributed by atoms with E-state index in [1.54, 1.807) is 6.92 Å². The maximum Gasteiger partial charge on any atom is 0.257 e. The minimum atomic E-state index is -1.52. The maximum atomic E-state index is 14.6. The summed E-state index contributed by atoms with van der Waals surface area (Å²) in [7, 11) is 0. The zero-order valence-electron chi connectivity index (χ0n) is 14.8. The smallest absolute Gasteiger partial charge is 0.257 e. The van der Waals surface area contributed by atoms with Gasteiger partial charge < -0.3 is 10.6 Å². The van der Waals surface area contributed by atoms with Gasteiger partial charge in [-0.05, 0) is 36.8 Å². The molecular formula is C19H14Cl3F3N2O2. The Morgan fingerprint density at radius 2 is 1.76 bits per heavy atom. The molecule has 0 spiro atoms. The molecule has 0 saturated heterocycles. The Hall–Kier alpha value is -1.96. The van der Waals surface area contributed by atoms with Crippen LogP contribution >= 0.6 is 34.8 Å². The van der Waals surface area contributed by atoms with Gasteiger partial charge in [-0.25, -0.2) is 13.2 Å². The van der Waals surface area contributed by atoms with Gasteiger partial charge in [0.2, 0.25) is 5.91 Å². The van der Waals surface area contributed by atoms with Crippen LogP contribution in [0.1, 0.15) is 28.8 Å². The number of alkyl halides is 2. The van der Waals surface area contributed by atoms with Crippen LogP contribution in [0.25, 0.3) is 0 Å². The Kier molecular flexibility index (Phi) is 6.03. The van der Waals surface area contributed by atoms with Crippen LogP contribution in [0.15, 0.2) is 30.3 Å². The molecule has 2 unspecified atom stereocenters. The van der Waals surface area contributed by atoms with Crippen LogP contribution in [0.5, 0.6) is 0 Å². The first kappa shape index (κ1) is 21.7. The second kappa shape index (κ2) is 8.05. The molecule has 1 fully saturated rings. The van der Waals surface area contributed by atoms with Crippen molar-refractivity contribution in [3.8, 4) is 0 Å². The fourth-order valence-electron chi connectivity index (χ4n) is 3.09. The molecular weight excluding hydrogens is 452 g/mol. The van der Waals surface area contributed by atoms with Crippen LogP contribution in [0, 0.1) is 23.4 Å². The third kappa shape index (κ3) is 4.04. The second-order valence-corrected chi connectivity index (χ2v) is 8.29. The zero-order chi connectivity index (χ0) is 21.5. The average Bonchev–Trinajstić information content (AvgIpc) is 3.22. The Labute approximate surface area is 179 Å². The monoisotopic (exact) mass is 464 g/mol. The van der Waals surface area contributed by atoms with Crippen LogP contribution in [0.2, 0.25) is 5.02 Å². The molecule has 0 bridgehead atoms. The summed E-state index contributed by atoms with van der Waals surface area (Å²) in [6.07, 6.45) is 0. The Morgan fingerprint density at radius 3 is 2.38 bits per heavy atom. The molecule has 1 aliphatic carbocycles. The van der Waals surface area contributed by atoms with Gasteiger partial charge in [0.1, 0.15) is 21.5 Å². The highest BCUT2D eigenvalue weighted by Crippen LogP contribution is 2.65. The van der Waals surface area contributed by atoms with Gasteiger partial charge in [0.25, 0.3) is 5.91 Å². The molecule has 1 aliphatic rings. The number of amides is 2. The van der Waals surface area contributed by atoms with Gasteiger partial charge >= 0.3 is 0 Å². The van der Waals surface area contributed by atoms with E-state index in [1.165, 1.54) is 12.1 Å². The van der Waals surface area contributed by atoms with E-state index < -0.39 is 56.7 Å². The molecule has 0 aromatic heterocycles. The van der Waals surface area contributed by atoms with E-state index in [0.717, 1.165) is 18.2 Å². The zero-order valence-corrected chi connectivity index (χ0v) is 17.1. The molecule has 2 amide bonds. The SMILES string of the molecule is CCNC(=O)c1c(F)ccc(NC(=O)C2C(c3ccc(F)c(Cl)c3)C2(Cl)Cl)c1F. The van der Waals surface area contributed by atoms with Gasteiger partial charge in [0, 0.05) is 12.5 Å². The first-order chi connectivity index (χ1) is 13.6. The molecule has 29 heavy (non-hydrogen) atoms. The summed E-state index contributed by atoms with van der Waals surface area (Å²) in [6.45, 7) is 1.76.